The van der Waals surface area contributed by atoms with Gasteiger partial charge in [-0.15, -0.1) is 0 Å². The zero-order chi connectivity index (χ0) is 22.4. The third kappa shape index (κ3) is 3.84. The van der Waals surface area contributed by atoms with Crippen LogP contribution in [0.2, 0.25) is 0 Å². The number of piperidine rings is 1. The molecular formula is C24H28FN3O3. The molecular weight excluding hydrogens is 397 g/mol. The third-order valence-electron chi connectivity index (χ3n) is 6.16. The number of nitrogens with one attached hydrogen (secondary N) is 1. The number of phenols is 1. The van der Waals surface area contributed by atoms with Gasteiger partial charge in [0.25, 0.3) is 0 Å². The second-order valence-corrected chi connectivity index (χ2v) is 9.47. The molecule has 2 N–H and O–H groups in total. The first-order chi connectivity index (χ1) is 14.6. The first kappa shape index (κ1) is 21.2. The van der Waals surface area contributed by atoms with Crippen molar-refractivity contribution in [2.24, 2.45) is 5.41 Å². The Hall–Kier alpha value is -3.09. The van der Waals surface area contributed by atoms with Crippen LogP contribution in [0.15, 0.2) is 48.5 Å². The summed E-state index contributed by atoms with van der Waals surface area (Å²) in [7, 11) is 0. The van der Waals surface area contributed by atoms with Gasteiger partial charge in [-0.3, -0.25) is 4.79 Å². The highest BCUT2D eigenvalue weighted by molar-refractivity contribution is 6.06. The summed E-state index contributed by atoms with van der Waals surface area (Å²) in [5, 5.41) is 12.7. The predicted molar refractivity (Wildman–Crippen MR) is 116 cm³/mol. The van der Waals surface area contributed by atoms with Crippen LogP contribution in [0.3, 0.4) is 0 Å². The number of carbonyl (C=O) groups excluding carboxylic acids is 2. The zero-order valence-corrected chi connectivity index (χ0v) is 18.1. The molecule has 2 fully saturated rings. The number of hydrogen-bond donors (Lipinski definition) is 2. The zero-order valence-electron chi connectivity index (χ0n) is 18.1. The van der Waals surface area contributed by atoms with Crippen LogP contribution in [0.4, 0.5) is 14.9 Å². The first-order valence-electron chi connectivity index (χ1n) is 10.6. The van der Waals surface area contributed by atoms with Crippen molar-refractivity contribution in [2.45, 2.75) is 45.2 Å². The lowest BCUT2D eigenvalue weighted by Gasteiger charge is -2.59. The Morgan fingerprint density at radius 2 is 1.65 bits per heavy atom. The Morgan fingerprint density at radius 1 is 1.06 bits per heavy atom. The molecule has 0 bridgehead atoms. The molecule has 1 unspecified atom stereocenters. The number of likely N-dealkylation sites (tertiary alicyclic amines) is 1. The van der Waals surface area contributed by atoms with Crippen LogP contribution in [0.1, 0.15) is 45.2 Å². The summed E-state index contributed by atoms with van der Waals surface area (Å²) < 4.78 is 13.4. The number of anilines is 1. The fourth-order valence-corrected chi connectivity index (χ4v) is 4.64. The molecule has 7 heteroatoms. The lowest BCUT2D eigenvalue weighted by Crippen LogP contribution is -2.67. The fraction of sp³-hybridized carbons (Fsp3) is 0.417. The van der Waals surface area contributed by atoms with Gasteiger partial charge in [0, 0.05) is 24.3 Å². The Balaban J connectivity index is 1.61. The molecule has 2 aromatic carbocycles. The smallest absolute Gasteiger partial charge is 0.317 e. The highest BCUT2D eigenvalue weighted by Gasteiger charge is 2.62. The number of benzene rings is 2. The molecule has 6 nitrogen and oxygen atoms in total. The second kappa shape index (κ2) is 7.55. The Bertz CT molecular complexity index is 975. The van der Waals surface area contributed by atoms with E-state index in [2.05, 4.69) is 5.32 Å². The monoisotopic (exact) mass is 425 g/mol. The van der Waals surface area contributed by atoms with Crippen molar-refractivity contribution in [3.63, 3.8) is 0 Å². The SMILES string of the molecule is CC(C)(C)NC(=O)N1CCC2(CC1)C(=O)N(c1ccc(F)cc1)C2c1ccc(O)cc1. The molecule has 3 amide bonds. The van der Waals surface area contributed by atoms with Gasteiger partial charge in [-0.2, -0.15) is 0 Å². The lowest BCUT2D eigenvalue weighted by molar-refractivity contribution is -0.144. The van der Waals surface area contributed by atoms with Crippen LogP contribution in [0.25, 0.3) is 0 Å². The molecule has 2 aliphatic rings. The summed E-state index contributed by atoms with van der Waals surface area (Å²) in [5.41, 5.74) is 0.605. The first-order valence-corrected chi connectivity index (χ1v) is 10.6. The van der Waals surface area contributed by atoms with Gasteiger partial charge in [-0.05, 0) is 75.6 Å². The minimum absolute atomic E-state index is 0.00642. The summed E-state index contributed by atoms with van der Waals surface area (Å²) >= 11 is 0. The number of amides is 3. The Kier molecular flexibility index (Phi) is 5.15. The van der Waals surface area contributed by atoms with E-state index in [4.69, 9.17) is 0 Å². The molecule has 0 saturated carbocycles. The van der Waals surface area contributed by atoms with E-state index in [1.807, 2.05) is 32.9 Å². The van der Waals surface area contributed by atoms with Gasteiger partial charge in [0.15, 0.2) is 0 Å². The number of β-lactam (4-membered cyclic amide) rings is 1. The molecule has 2 heterocycles. The minimum Gasteiger partial charge on any atom is -0.508 e. The number of rotatable bonds is 2. The van der Waals surface area contributed by atoms with E-state index in [9.17, 15) is 19.1 Å². The van der Waals surface area contributed by atoms with E-state index in [0.29, 0.717) is 31.6 Å². The maximum atomic E-state index is 13.4. The van der Waals surface area contributed by atoms with Gasteiger partial charge >= 0.3 is 6.03 Å². The van der Waals surface area contributed by atoms with E-state index < -0.39 is 5.41 Å². The molecule has 0 radical (unpaired) electrons. The summed E-state index contributed by atoms with van der Waals surface area (Å²) in [4.78, 5) is 29.5. The Labute approximate surface area is 181 Å². The molecule has 4 rings (SSSR count). The van der Waals surface area contributed by atoms with Gasteiger partial charge in [-0.25, -0.2) is 9.18 Å². The number of aromatic hydroxyl groups is 1. The van der Waals surface area contributed by atoms with Crippen LogP contribution < -0.4 is 10.2 Å². The largest absolute Gasteiger partial charge is 0.508 e. The van der Waals surface area contributed by atoms with Crippen LogP contribution in [-0.2, 0) is 4.79 Å². The standard InChI is InChI=1S/C24H28FN3O3/c1-23(2,3)26-22(31)27-14-12-24(13-15-27)20(16-4-10-19(29)11-5-16)28(21(24)30)18-8-6-17(25)7-9-18/h4-11,20,29H,12-15H2,1-3H3,(H,26,31). The highest BCUT2D eigenvalue weighted by Crippen LogP contribution is 2.57. The Morgan fingerprint density at radius 3 is 2.19 bits per heavy atom. The predicted octanol–water partition coefficient (Wildman–Crippen LogP) is 4.21. The van der Waals surface area contributed by atoms with E-state index in [0.717, 1.165) is 5.56 Å². The molecule has 0 aliphatic carbocycles. The summed E-state index contributed by atoms with van der Waals surface area (Å²) in [6.45, 7) is 6.78. The van der Waals surface area contributed by atoms with Crippen molar-refractivity contribution < 1.29 is 19.1 Å². The molecule has 0 aromatic heterocycles. The van der Waals surface area contributed by atoms with E-state index in [1.165, 1.54) is 12.1 Å². The maximum Gasteiger partial charge on any atom is 0.317 e. The topological polar surface area (TPSA) is 72.9 Å². The number of hydrogen-bond acceptors (Lipinski definition) is 3. The lowest BCUT2D eigenvalue weighted by atomic mass is 9.62. The van der Waals surface area contributed by atoms with Crippen molar-refractivity contribution in [1.82, 2.24) is 10.2 Å². The van der Waals surface area contributed by atoms with Gasteiger partial charge < -0.3 is 20.2 Å². The fourth-order valence-electron chi connectivity index (χ4n) is 4.64. The van der Waals surface area contributed by atoms with Crippen molar-refractivity contribution in [3.05, 3.63) is 59.9 Å². The summed E-state index contributed by atoms with van der Waals surface area (Å²) in [5.74, 6) is -0.204. The molecule has 2 aromatic rings. The van der Waals surface area contributed by atoms with E-state index >= 15 is 0 Å². The number of phenolic OH excluding ortho intramolecular Hbond substituents is 1. The average molecular weight is 426 g/mol. The highest BCUT2D eigenvalue weighted by atomic mass is 19.1. The van der Waals surface area contributed by atoms with Crippen molar-refractivity contribution >= 4 is 17.6 Å². The third-order valence-corrected chi connectivity index (χ3v) is 6.16. The normalized spacial score (nSPS) is 20.5. The van der Waals surface area contributed by atoms with Crippen molar-refractivity contribution in [1.29, 1.82) is 0 Å². The van der Waals surface area contributed by atoms with Gasteiger partial charge in [0.1, 0.15) is 11.6 Å². The number of urea groups is 1. The van der Waals surface area contributed by atoms with Crippen LogP contribution in [0.5, 0.6) is 5.75 Å². The number of carbonyl (C=O) groups is 2. The second-order valence-electron chi connectivity index (χ2n) is 9.47. The maximum absolute atomic E-state index is 13.4. The molecule has 2 aliphatic heterocycles. The van der Waals surface area contributed by atoms with Crippen LogP contribution in [-0.4, -0.2) is 40.6 Å². The molecule has 31 heavy (non-hydrogen) atoms. The molecule has 2 saturated heterocycles. The van der Waals surface area contributed by atoms with Crippen LogP contribution >= 0.6 is 0 Å². The number of nitrogens with zero attached hydrogens (tertiary/aromatic N) is 2. The quantitative estimate of drug-likeness (QED) is 0.708. The van der Waals surface area contributed by atoms with Gasteiger partial charge in [-0.1, -0.05) is 12.1 Å². The van der Waals surface area contributed by atoms with Gasteiger partial charge in [0.2, 0.25) is 5.91 Å². The average Bonchev–Trinajstić information content (AvgIpc) is 2.72. The summed E-state index contributed by atoms with van der Waals surface area (Å²) in [6.07, 6.45) is 1.10. The van der Waals surface area contributed by atoms with Crippen molar-refractivity contribution in [3.8, 4) is 5.75 Å². The molecule has 164 valence electrons. The van der Waals surface area contributed by atoms with E-state index in [1.54, 1.807) is 34.1 Å². The van der Waals surface area contributed by atoms with Crippen LogP contribution in [0, 0.1) is 11.2 Å². The minimum atomic E-state index is -0.621. The molecule has 1 atom stereocenters. The molecule has 1 spiro atoms. The summed E-state index contributed by atoms with van der Waals surface area (Å²) in [6, 6.07) is 12.4. The van der Waals surface area contributed by atoms with Crippen molar-refractivity contribution in [2.75, 3.05) is 18.0 Å². The van der Waals surface area contributed by atoms with E-state index in [-0.39, 0.29) is 35.1 Å². The van der Waals surface area contributed by atoms with Gasteiger partial charge in [0.05, 0.1) is 11.5 Å². The number of halogens is 1.